The van der Waals surface area contributed by atoms with E-state index in [1.165, 1.54) is 6.08 Å². The number of nitrogen functional groups attached to an aromatic ring is 1. The van der Waals surface area contributed by atoms with Gasteiger partial charge in [-0.3, -0.25) is 4.79 Å². The van der Waals surface area contributed by atoms with Gasteiger partial charge in [0.15, 0.2) is 5.75 Å². The van der Waals surface area contributed by atoms with Crippen molar-refractivity contribution in [1.29, 1.82) is 0 Å². The lowest BCUT2D eigenvalue weighted by Crippen LogP contribution is -2.27. The summed E-state index contributed by atoms with van der Waals surface area (Å²) in [6.45, 7) is 0. The maximum absolute atomic E-state index is 12.2. The van der Waals surface area contributed by atoms with Crippen LogP contribution in [0.3, 0.4) is 0 Å². The molecule has 0 aliphatic rings. The molecule has 29 heavy (non-hydrogen) atoms. The van der Waals surface area contributed by atoms with E-state index in [1.807, 2.05) is 0 Å². The third kappa shape index (κ3) is 5.15. The van der Waals surface area contributed by atoms with E-state index in [9.17, 15) is 14.7 Å². The molecule has 0 spiro atoms. The van der Waals surface area contributed by atoms with Gasteiger partial charge in [-0.15, -0.1) is 0 Å². The van der Waals surface area contributed by atoms with Crippen LogP contribution >= 0.6 is 11.6 Å². The fourth-order valence-electron chi connectivity index (χ4n) is 2.49. The molecule has 0 bridgehead atoms. The van der Waals surface area contributed by atoms with Crippen molar-refractivity contribution in [2.24, 2.45) is 0 Å². The van der Waals surface area contributed by atoms with Crippen LogP contribution in [-0.4, -0.2) is 17.0 Å². The summed E-state index contributed by atoms with van der Waals surface area (Å²) in [4.78, 5) is 23.7. The Kier molecular flexibility index (Phi) is 6.16. The van der Waals surface area contributed by atoms with Crippen LogP contribution in [0.15, 0.2) is 78.5 Å². The minimum absolute atomic E-state index is 0.247. The number of carboxylic acids is 1. The minimum atomic E-state index is -1.25. The first-order valence-electron chi connectivity index (χ1n) is 8.57. The largest absolute Gasteiger partial charge is 0.477 e. The molecule has 0 saturated carbocycles. The number of carbonyl (C=O) groups excluding carboxylic acids is 1. The normalized spacial score (nSPS) is 11.0. The number of nitrogens with two attached hydrogens (primary N) is 1. The molecule has 6 nitrogen and oxygen atoms in total. The summed E-state index contributed by atoms with van der Waals surface area (Å²) in [6.07, 6.45) is 1.36. The Morgan fingerprint density at radius 2 is 1.66 bits per heavy atom. The smallest absolute Gasteiger partial charge is 0.352 e. The van der Waals surface area contributed by atoms with Crippen molar-refractivity contribution in [3.05, 3.63) is 94.6 Å². The highest BCUT2D eigenvalue weighted by Gasteiger charge is 2.13. The van der Waals surface area contributed by atoms with Crippen molar-refractivity contribution in [1.82, 2.24) is 5.32 Å². The monoisotopic (exact) mass is 408 g/mol. The zero-order chi connectivity index (χ0) is 20.8. The fourth-order valence-corrected chi connectivity index (χ4v) is 2.71. The van der Waals surface area contributed by atoms with Gasteiger partial charge in [-0.25, -0.2) is 4.79 Å². The van der Waals surface area contributed by atoms with Gasteiger partial charge in [0, 0.05) is 5.56 Å². The van der Waals surface area contributed by atoms with E-state index in [4.69, 9.17) is 22.1 Å². The number of nitrogens with one attached hydrogen (secondary N) is 1. The van der Waals surface area contributed by atoms with Gasteiger partial charge in [0.25, 0.3) is 5.91 Å². The fraction of sp³-hybridized carbons (Fsp3) is 0. The van der Waals surface area contributed by atoms with Crippen LogP contribution in [0.4, 0.5) is 5.69 Å². The second-order valence-corrected chi connectivity index (χ2v) is 6.42. The number of halogens is 1. The molecular weight excluding hydrogens is 392 g/mol. The standard InChI is InChI=1S/C22H17ClN2O4/c23-17-7-4-8-18(24)20(17)29-16-11-9-14(10-12-16)13-19(22(27)28)25-21(26)15-5-2-1-3-6-15/h1-13H,24H2,(H,25,26)(H,27,28). The second kappa shape index (κ2) is 8.95. The van der Waals surface area contributed by atoms with E-state index >= 15 is 0 Å². The second-order valence-electron chi connectivity index (χ2n) is 6.01. The maximum Gasteiger partial charge on any atom is 0.352 e. The first kappa shape index (κ1) is 20.0. The molecule has 0 unspecified atom stereocenters. The number of amides is 1. The number of hydrogen-bond acceptors (Lipinski definition) is 4. The van der Waals surface area contributed by atoms with E-state index in [2.05, 4.69) is 5.32 Å². The van der Waals surface area contributed by atoms with Crippen LogP contribution < -0.4 is 15.8 Å². The van der Waals surface area contributed by atoms with Gasteiger partial charge in [0.2, 0.25) is 0 Å². The summed E-state index contributed by atoms with van der Waals surface area (Å²) >= 11 is 6.09. The van der Waals surface area contributed by atoms with Crippen LogP contribution in [0, 0.1) is 0 Å². The Morgan fingerprint density at radius 1 is 0.966 bits per heavy atom. The summed E-state index contributed by atoms with van der Waals surface area (Å²) in [5.41, 5.74) is 6.95. The molecule has 0 heterocycles. The minimum Gasteiger partial charge on any atom is -0.477 e. The summed E-state index contributed by atoms with van der Waals surface area (Å²) in [6, 6.07) is 20.0. The van der Waals surface area contributed by atoms with Gasteiger partial charge in [0.1, 0.15) is 11.4 Å². The van der Waals surface area contributed by atoms with Gasteiger partial charge < -0.3 is 20.9 Å². The average molecular weight is 409 g/mol. The van der Waals surface area contributed by atoms with Crippen LogP contribution in [0.5, 0.6) is 11.5 Å². The topological polar surface area (TPSA) is 102 Å². The zero-order valence-electron chi connectivity index (χ0n) is 15.1. The Labute approximate surface area is 172 Å². The molecule has 146 valence electrons. The molecule has 7 heteroatoms. The molecule has 3 aromatic carbocycles. The van der Waals surface area contributed by atoms with Crippen molar-refractivity contribution in [3.8, 4) is 11.5 Å². The predicted molar refractivity (Wildman–Crippen MR) is 112 cm³/mol. The highest BCUT2D eigenvalue weighted by molar-refractivity contribution is 6.32. The number of anilines is 1. The van der Waals surface area contributed by atoms with Gasteiger partial charge in [-0.1, -0.05) is 48.0 Å². The van der Waals surface area contributed by atoms with Crippen LogP contribution in [0.25, 0.3) is 6.08 Å². The molecule has 0 atom stereocenters. The van der Waals surface area contributed by atoms with Gasteiger partial charge in [0.05, 0.1) is 10.7 Å². The number of hydrogen-bond donors (Lipinski definition) is 3. The molecule has 3 aromatic rings. The molecule has 0 aliphatic heterocycles. The number of rotatable bonds is 6. The third-order valence-electron chi connectivity index (χ3n) is 3.92. The molecule has 0 saturated heterocycles. The number of aliphatic carboxylic acids is 1. The van der Waals surface area contributed by atoms with E-state index in [1.54, 1.807) is 72.8 Å². The van der Waals surface area contributed by atoms with Crippen molar-refractivity contribution < 1.29 is 19.4 Å². The summed E-state index contributed by atoms with van der Waals surface area (Å²) in [7, 11) is 0. The average Bonchev–Trinajstić information content (AvgIpc) is 2.72. The lowest BCUT2D eigenvalue weighted by atomic mass is 10.1. The number of ether oxygens (including phenoxy) is 1. The number of benzene rings is 3. The van der Waals surface area contributed by atoms with E-state index in [-0.39, 0.29) is 5.70 Å². The lowest BCUT2D eigenvalue weighted by Gasteiger charge is -2.10. The number of carbonyl (C=O) groups is 2. The molecule has 0 fully saturated rings. The summed E-state index contributed by atoms with van der Waals surface area (Å²) in [5.74, 6) is -0.933. The van der Waals surface area contributed by atoms with Gasteiger partial charge in [-0.05, 0) is 48.0 Å². The molecule has 0 radical (unpaired) electrons. The van der Waals surface area contributed by atoms with Crippen molar-refractivity contribution in [2.75, 3.05) is 5.73 Å². The molecule has 0 aliphatic carbocycles. The number of para-hydroxylation sites is 1. The SMILES string of the molecule is Nc1cccc(Cl)c1Oc1ccc(C=C(NC(=O)c2ccccc2)C(=O)O)cc1. The van der Waals surface area contributed by atoms with Crippen molar-refractivity contribution in [2.45, 2.75) is 0 Å². The Balaban J connectivity index is 1.77. The Bertz CT molecular complexity index is 1040. The lowest BCUT2D eigenvalue weighted by molar-refractivity contribution is -0.132. The maximum atomic E-state index is 12.2. The van der Waals surface area contributed by atoms with Crippen molar-refractivity contribution in [3.63, 3.8) is 0 Å². The molecule has 1 amide bonds. The number of carboxylic acid groups (broad SMARTS) is 1. The van der Waals surface area contributed by atoms with E-state index < -0.39 is 11.9 Å². The first-order chi connectivity index (χ1) is 13.9. The van der Waals surface area contributed by atoms with Gasteiger partial charge in [-0.2, -0.15) is 0 Å². The first-order valence-corrected chi connectivity index (χ1v) is 8.95. The van der Waals surface area contributed by atoms with Crippen LogP contribution in [0.1, 0.15) is 15.9 Å². The summed E-state index contributed by atoms with van der Waals surface area (Å²) in [5, 5.41) is 12.2. The quantitative estimate of drug-likeness (QED) is 0.409. The van der Waals surface area contributed by atoms with Crippen LogP contribution in [-0.2, 0) is 4.79 Å². The third-order valence-corrected chi connectivity index (χ3v) is 4.22. The Hall–Kier alpha value is -3.77. The van der Waals surface area contributed by atoms with Crippen LogP contribution in [0.2, 0.25) is 5.02 Å². The molecule has 4 N–H and O–H groups in total. The van der Waals surface area contributed by atoms with Crippen molar-refractivity contribution >= 4 is 35.2 Å². The van der Waals surface area contributed by atoms with E-state index in [0.29, 0.717) is 33.3 Å². The summed E-state index contributed by atoms with van der Waals surface area (Å²) < 4.78 is 5.71. The molecule has 3 rings (SSSR count). The molecule has 0 aromatic heterocycles. The predicted octanol–water partition coefficient (Wildman–Crippen LogP) is 4.57. The van der Waals surface area contributed by atoms with E-state index in [0.717, 1.165) is 0 Å². The molecular formula is C22H17ClN2O4. The highest BCUT2D eigenvalue weighted by Crippen LogP contribution is 2.34. The van der Waals surface area contributed by atoms with Gasteiger partial charge >= 0.3 is 5.97 Å². The highest BCUT2D eigenvalue weighted by atomic mass is 35.5. The zero-order valence-corrected chi connectivity index (χ0v) is 15.9. The Morgan fingerprint density at radius 3 is 2.28 bits per heavy atom.